The van der Waals surface area contributed by atoms with Gasteiger partial charge in [0.25, 0.3) is 0 Å². The van der Waals surface area contributed by atoms with Gasteiger partial charge in [0.2, 0.25) is 5.95 Å². The number of rotatable bonds is 2. The molecule has 0 unspecified atom stereocenters. The Balaban J connectivity index is 1.32. The van der Waals surface area contributed by atoms with Gasteiger partial charge >= 0.3 is 0 Å². The average Bonchev–Trinajstić information content (AvgIpc) is 3.82. The van der Waals surface area contributed by atoms with Crippen LogP contribution in [0.2, 0.25) is 0 Å². The van der Waals surface area contributed by atoms with E-state index in [4.69, 9.17) is 9.97 Å². The second kappa shape index (κ2) is 9.43. The quantitative estimate of drug-likeness (QED) is 0.177. The lowest BCUT2D eigenvalue weighted by atomic mass is 9.98. The van der Waals surface area contributed by atoms with Crippen molar-refractivity contribution in [3.8, 4) is 17.2 Å². The molecule has 0 spiro atoms. The van der Waals surface area contributed by atoms with E-state index in [1.165, 1.54) is 65.0 Å². The minimum Gasteiger partial charge on any atom is -0.308 e. The van der Waals surface area contributed by atoms with Crippen molar-refractivity contribution in [3.05, 3.63) is 158 Å². The molecule has 4 nitrogen and oxygen atoms in total. The van der Waals surface area contributed by atoms with Crippen LogP contribution in [0.1, 0.15) is 0 Å². The summed E-state index contributed by atoms with van der Waals surface area (Å²) >= 11 is 0. The van der Waals surface area contributed by atoms with Crippen LogP contribution < -0.4 is 0 Å². The van der Waals surface area contributed by atoms with Crippen molar-refractivity contribution >= 4 is 92.3 Å². The van der Waals surface area contributed by atoms with Crippen molar-refractivity contribution < 1.29 is 0 Å². The summed E-state index contributed by atoms with van der Waals surface area (Å²) in [5, 5.41) is 13.4. The summed E-state index contributed by atoms with van der Waals surface area (Å²) in [4.78, 5) is 10.9. The fraction of sp³-hybridized carbons (Fsp3) is 0. The van der Waals surface area contributed by atoms with Gasteiger partial charge in [-0.25, -0.2) is 9.97 Å². The zero-order valence-corrected chi connectivity index (χ0v) is 26.8. The van der Waals surface area contributed by atoms with E-state index in [1.807, 2.05) is 0 Å². The van der Waals surface area contributed by atoms with Crippen molar-refractivity contribution in [2.75, 3.05) is 0 Å². The van der Waals surface area contributed by atoms with Crippen LogP contribution in [0, 0.1) is 0 Å². The van der Waals surface area contributed by atoms with E-state index < -0.39 is 0 Å². The van der Waals surface area contributed by atoms with Gasteiger partial charge in [-0.15, -0.1) is 0 Å². The summed E-state index contributed by atoms with van der Waals surface area (Å²) in [6.45, 7) is 0. The minimum absolute atomic E-state index is 0.671. The molecule has 12 rings (SSSR count). The van der Waals surface area contributed by atoms with E-state index in [2.05, 4.69) is 167 Å². The maximum Gasteiger partial charge on any atom is 0.235 e. The van der Waals surface area contributed by atoms with E-state index in [0.29, 0.717) is 5.95 Å². The zero-order chi connectivity index (χ0) is 32.5. The summed E-state index contributed by atoms with van der Waals surface area (Å²) in [5.41, 5.74) is 8.86. The molecule has 0 N–H and O–H groups in total. The number of hydrogen-bond acceptors (Lipinski definition) is 2. The molecular formula is C46H26N4. The molecule has 0 atom stereocenters. The Hall–Kier alpha value is -6.78. The molecular weight excluding hydrogens is 609 g/mol. The number of aromatic nitrogens is 4. The third-order valence-corrected chi connectivity index (χ3v) is 10.8. The van der Waals surface area contributed by atoms with Gasteiger partial charge in [0.15, 0.2) is 0 Å². The number of nitrogens with zero attached hydrogens (tertiary/aromatic N) is 4. The summed E-state index contributed by atoms with van der Waals surface area (Å²) in [7, 11) is 0. The van der Waals surface area contributed by atoms with E-state index in [0.717, 1.165) is 38.6 Å². The molecule has 0 radical (unpaired) electrons. The topological polar surface area (TPSA) is 35.1 Å². The standard InChI is InChI=1S/C46H26N4/c1-2-14-29(15-3-1)44-40-30-16-6-4-12-27(30)22-24-35(40)47-46(48-44)50-37-21-11-9-19-33(37)42-39(50)26-34-32-18-8-10-20-36(32)49-38-25-23-28-13-5-7-17-31(28)41(38)43(42)45(34)49/h1-26H. The predicted octanol–water partition coefficient (Wildman–Crippen LogP) is 11.9. The van der Waals surface area contributed by atoms with Gasteiger partial charge in [-0.1, -0.05) is 127 Å². The highest BCUT2D eigenvalue weighted by molar-refractivity contribution is 6.38. The van der Waals surface area contributed by atoms with Gasteiger partial charge in [-0.2, -0.15) is 0 Å². The third kappa shape index (κ3) is 3.25. The number of fused-ring (bicyclic) bond motifs is 15. The van der Waals surface area contributed by atoms with Crippen LogP contribution in [-0.2, 0) is 0 Å². The lowest BCUT2D eigenvalue weighted by Crippen LogP contribution is -2.03. The first-order chi connectivity index (χ1) is 24.8. The maximum atomic E-state index is 5.50. The monoisotopic (exact) mass is 634 g/mol. The van der Waals surface area contributed by atoms with Crippen molar-refractivity contribution in [1.29, 1.82) is 0 Å². The van der Waals surface area contributed by atoms with Crippen molar-refractivity contribution in [1.82, 2.24) is 18.9 Å². The predicted molar refractivity (Wildman–Crippen MR) is 209 cm³/mol. The van der Waals surface area contributed by atoms with Crippen LogP contribution in [0.5, 0.6) is 0 Å². The molecule has 50 heavy (non-hydrogen) atoms. The first-order valence-corrected chi connectivity index (χ1v) is 17.1. The Kier molecular flexibility index (Phi) is 4.94. The van der Waals surface area contributed by atoms with E-state index >= 15 is 0 Å². The van der Waals surface area contributed by atoms with Gasteiger partial charge in [-0.3, -0.25) is 4.57 Å². The van der Waals surface area contributed by atoms with Crippen molar-refractivity contribution in [2.45, 2.75) is 0 Å². The van der Waals surface area contributed by atoms with E-state index in [9.17, 15) is 0 Å². The largest absolute Gasteiger partial charge is 0.308 e. The SMILES string of the molecule is c1ccc(-c2nc(-n3c4ccccc4c4c5c6c7ccccc7ccc6n6c7ccccc7c(cc43)c56)nc3ccc4ccccc4c23)cc1. The maximum absolute atomic E-state index is 5.50. The molecule has 0 saturated carbocycles. The highest BCUT2D eigenvalue weighted by atomic mass is 15.2. The zero-order valence-electron chi connectivity index (χ0n) is 26.8. The van der Waals surface area contributed by atoms with Gasteiger partial charge in [0, 0.05) is 43.3 Å². The second-order valence-corrected chi connectivity index (χ2v) is 13.3. The summed E-state index contributed by atoms with van der Waals surface area (Å²) < 4.78 is 4.79. The average molecular weight is 635 g/mol. The summed E-state index contributed by atoms with van der Waals surface area (Å²) in [6, 6.07) is 56.7. The van der Waals surface area contributed by atoms with Crippen LogP contribution in [0.15, 0.2) is 158 Å². The number of hydrogen-bond donors (Lipinski definition) is 0. The van der Waals surface area contributed by atoms with Gasteiger partial charge in [0.05, 0.1) is 38.8 Å². The van der Waals surface area contributed by atoms with E-state index in [1.54, 1.807) is 0 Å². The molecule has 4 aromatic heterocycles. The van der Waals surface area contributed by atoms with Crippen molar-refractivity contribution in [3.63, 3.8) is 0 Å². The first kappa shape index (κ1) is 26.2. The summed E-state index contributed by atoms with van der Waals surface area (Å²) in [5.74, 6) is 0.671. The minimum atomic E-state index is 0.671. The molecule has 0 aliphatic heterocycles. The number of benzene rings is 8. The molecule has 0 bridgehead atoms. The third-order valence-electron chi connectivity index (χ3n) is 10.8. The molecule has 0 fully saturated rings. The van der Waals surface area contributed by atoms with Crippen LogP contribution >= 0.6 is 0 Å². The fourth-order valence-corrected chi connectivity index (χ4v) is 8.79. The molecule has 4 heterocycles. The molecule has 0 aliphatic rings. The normalized spacial score (nSPS) is 12.4. The Bertz CT molecular complexity index is 3370. The van der Waals surface area contributed by atoms with Gasteiger partial charge < -0.3 is 4.40 Å². The lowest BCUT2D eigenvalue weighted by Gasteiger charge is -2.13. The molecule has 4 heteroatoms. The Morgan fingerprint density at radius 2 is 1.00 bits per heavy atom. The van der Waals surface area contributed by atoms with Crippen LogP contribution in [0.4, 0.5) is 0 Å². The molecule has 0 saturated heterocycles. The summed E-state index contributed by atoms with van der Waals surface area (Å²) in [6.07, 6.45) is 0. The molecule has 0 aliphatic carbocycles. The molecule has 230 valence electrons. The van der Waals surface area contributed by atoms with Crippen LogP contribution in [0.25, 0.3) is 110 Å². The smallest absolute Gasteiger partial charge is 0.235 e. The van der Waals surface area contributed by atoms with Crippen LogP contribution in [-0.4, -0.2) is 18.9 Å². The van der Waals surface area contributed by atoms with Gasteiger partial charge in [0.1, 0.15) is 0 Å². The highest BCUT2D eigenvalue weighted by Gasteiger charge is 2.26. The van der Waals surface area contributed by atoms with Gasteiger partial charge in [-0.05, 0) is 51.9 Å². The highest BCUT2D eigenvalue weighted by Crippen LogP contribution is 2.48. The molecule has 0 amide bonds. The second-order valence-electron chi connectivity index (χ2n) is 13.3. The van der Waals surface area contributed by atoms with Crippen molar-refractivity contribution in [2.24, 2.45) is 0 Å². The first-order valence-electron chi connectivity index (χ1n) is 17.1. The lowest BCUT2D eigenvalue weighted by molar-refractivity contribution is 1.02. The Morgan fingerprint density at radius 3 is 1.80 bits per heavy atom. The fourth-order valence-electron chi connectivity index (χ4n) is 8.79. The Morgan fingerprint density at radius 1 is 0.380 bits per heavy atom. The Labute approximate surface area is 285 Å². The number of para-hydroxylation sites is 2. The molecule has 12 aromatic rings. The van der Waals surface area contributed by atoms with Crippen LogP contribution in [0.3, 0.4) is 0 Å². The van der Waals surface area contributed by atoms with E-state index in [-0.39, 0.29) is 0 Å². The molecule has 8 aromatic carbocycles.